The number of halogens is 3. The Morgan fingerprint density at radius 2 is 1.55 bits per heavy atom. The molecular formula is C14H10BrF2NO2. The van der Waals surface area contributed by atoms with E-state index in [0.29, 0.717) is 12.8 Å². The fourth-order valence-electron chi connectivity index (χ4n) is 2.72. The maximum Gasteiger partial charge on any atom is 0.238 e. The molecule has 0 bridgehead atoms. The molecule has 104 valence electrons. The Bertz CT molecular complexity index is 618. The van der Waals surface area contributed by atoms with Crippen molar-refractivity contribution in [2.75, 3.05) is 4.90 Å². The summed E-state index contributed by atoms with van der Waals surface area (Å²) in [7, 11) is 0. The molecule has 0 spiro atoms. The minimum absolute atomic E-state index is 0.0445. The van der Waals surface area contributed by atoms with Crippen molar-refractivity contribution in [3.63, 3.8) is 0 Å². The second-order valence-corrected chi connectivity index (χ2v) is 5.74. The van der Waals surface area contributed by atoms with E-state index >= 15 is 0 Å². The Kier molecular flexibility index (Phi) is 3.20. The number of carbonyl (C=O) groups is 2. The molecule has 6 heteroatoms. The number of imide groups is 1. The molecule has 0 aromatic heterocycles. The quantitative estimate of drug-likeness (QED) is 0.447. The normalized spacial score (nSPS) is 25.2. The highest BCUT2D eigenvalue weighted by atomic mass is 79.9. The van der Waals surface area contributed by atoms with E-state index in [0.717, 1.165) is 17.0 Å². The van der Waals surface area contributed by atoms with Gasteiger partial charge in [-0.25, -0.2) is 13.7 Å². The summed E-state index contributed by atoms with van der Waals surface area (Å²) in [5, 5.41) is 0. The van der Waals surface area contributed by atoms with Gasteiger partial charge in [-0.3, -0.25) is 9.59 Å². The van der Waals surface area contributed by atoms with Gasteiger partial charge in [0.15, 0.2) is 0 Å². The van der Waals surface area contributed by atoms with E-state index in [4.69, 9.17) is 0 Å². The second-order valence-electron chi connectivity index (χ2n) is 4.89. The van der Waals surface area contributed by atoms with Crippen LogP contribution in [0, 0.1) is 23.5 Å². The molecule has 1 aromatic rings. The summed E-state index contributed by atoms with van der Waals surface area (Å²) >= 11 is 2.87. The van der Waals surface area contributed by atoms with Crippen LogP contribution in [-0.2, 0) is 9.59 Å². The van der Waals surface area contributed by atoms with Gasteiger partial charge in [-0.05, 0) is 34.8 Å². The summed E-state index contributed by atoms with van der Waals surface area (Å²) in [6, 6.07) is 1.80. The Labute approximate surface area is 122 Å². The molecule has 0 unspecified atom stereocenters. The van der Waals surface area contributed by atoms with Gasteiger partial charge >= 0.3 is 0 Å². The lowest BCUT2D eigenvalue weighted by Crippen LogP contribution is -2.31. The van der Waals surface area contributed by atoms with E-state index in [1.54, 1.807) is 0 Å². The summed E-state index contributed by atoms with van der Waals surface area (Å²) in [5.41, 5.74) is -0.310. The van der Waals surface area contributed by atoms with Crippen LogP contribution in [0.4, 0.5) is 14.5 Å². The molecule has 20 heavy (non-hydrogen) atoms. The first-order valence-corrected chi connectivity index (χ1v) is 6.97. The molecule has 1 heterocycles. The summed E-state index contributed by atoms with van der Waals surface area (Å²) < 4.78 is 27.5. The Morgan fingerprint density at radius 3 is 2.10 bits per heavy atom. The molecule has 2 amide bonds. The molecule has 2 atom stereocenters. The number of allylic oxidation sites excluding steroid dienone is 2. The molecule has 3 nitrogen and oxygen atoms in total. The van der Waals surface area contributed by atoms with E-state index in [2.05, 4.69) is 15.9 Å². The summed E-state index contributed by atoms with van der Waals surface area (Å²) in [6.07, 6.45) is 4.61. The lowest BCUT2D eigenvalue weighted by molar-refractivity contribution is -0.122. The van der Waals surface area contributed by atoms with Crippen LogP contribution in [0.25, 0.3) is 0 Å². The van der Waals surface area contributed by atoms with E-state index in [1.807, 2.05) is 12.2 Å². The molecule has 0 saturated carbocycles. The van der Waals surface area contributed by atoms with Crippen molar-refractivity contribution < 1.29 is 18.4 Å². The first kappa shape index (κ1) is 13.4. The zero-order chi connectivity index (χ0) is 14.4. The molecule has 1 aliphatic heterocycles. The topological polar surface area (TPSA) is 37.4 Å². The standard InChI is InChI=1S/C14H10BrF2NO2/c15-9-5-11(17)12(6-10(9)16)18-13(19)7-3-1-2-4-8(7)14(18)20/h1-2,5-8H,3-4H2/t7-,8+. The van der Waals surface area contributed by atoms with Gasteiger partial charge < -0.3 is 0 Å². The Morgan fingerprint density at radius 1 is 1.00 bits per heavy atom. The van der Waals surface area contributed by atoms with Crippen LogP contribution in [-0.4, -0.2) is 11.8 Å². The number of anilines is 1. The predicted octanol–water partition coefficient (Wildman–Crippen LogP) is 3.18. The average Bonchev–Trinajstić information content (AvgIpc) is 2.68. The van der Waals surface area contributed by atoms with Gasteiger partial charge in [0.2, 0.25) is 11.8 Å². The van der Waals surface area contributed by atoms with Crippen molar-refractivity contribution in [3.05, 3.63) is 40.4 Å². The Hall–Kier alpha value is -1.56. The summed E-state index contributed by atoms with van der Waals surface area (Å²) in [5.74, 6) is -3.34. The lowest BCUT2D eigenvalue weighted by Gasteiger charge is -2.16. The number of amides is 2. The van der Waals surface area contributed by atoms with E-state index in [-0.39, 0.29) is 10.2 Å². The maximum atomic E-state index is 13.9. The molecule has 1 fully saturated rings. The number of fused-ring (bicyclic) bond motifs is 1. The minimum atomic E-state index is -0.799. The number of rotatable bonds is 1. The van der Waals surface area contributed by atoms with Crippen LogP contribution in [0.1, 0.15) is 12.8 Å². The van der Waals surface area contributed by atoms with Crippen LogP contribution < -0.4 is 4.90 Å². The molecule has 3 rings (SSSR count). The highest BCUT2D eigenvalue weighted by molar-refractivity contribution is 9.10. The number of hydrogen-bond acceptors (Lipinski definition) is 2. The van der Waals surface area contributed by atoms with Gasteiger partial charge in [0.25, 0.3) is 0 Å². The van der Waals surface area contributed by atoms with Crippen LogP contribution in [0.15, 0.2) is 28.8 Å². The van der Waals surface area contributed by atoms with E-state index < -0.39 is 35.3 Å². The second kappa shape index (κ2) is 4.77. The molecular weight excluding hydrogens is 332 g/mol. The lowest BCUT2D eigenvalue weighted by atomic mass is 9.85. The predicted molar refractivity (Wildman–Crippen MR) is 71.9 cm³/mol. The van der Waals surface area contributed by atoms with E-state index in [9.17, 15) is 18.4 Å². The maximum absolute atomic E-state index is 13.9. The Balaban J connectivity index is 2.05. The van der Waals surface area contributed by atoms with Gasteiger partial charge in [-0.1, -0.05) is 12.2 Å². The van der Waals surface area contributed by atoms with Gasteiger partial charge in [0.1, 0.15) is 11.6 Å². The SMILES string of the molecule is O=C1[C@H]2CC=CC[C@H]2C(=O)N1c1cc(F)c(Br)cc1F. The third kappa shape index (κ3) is 1.90. The fourth-order valence-corrected chi connectivity index (χ4v) is 3.04. The molecule has 0 N–H and O–H groups in total. The van der Waals surface area contributed by atoms with Crippen LogP contribution in [0.3, 0.4) is 0 Å². The molecule has 1 aromatic carbocycles. The number of hydrogen-bond donors (Lipinski definition) is 0. The highest BCUT2D eigenvalue weighted by Crippen LogP contribution is 2.39. The van der Waals surface area contributed by atoms with Crippen molar-refractivity contribution in [1.82, 2.24) is 0 Å². The minimum Gasteiger partial charge on any atom is -0.274 e. The van der Waals surface area contributed by atoms with Gasteiger partial charge in [0, 0.05) is 6.07 Å². The third-order valence-electron chi connectivity index (χ3n) is 3.74. The van der Waals surface area contributed by atoms with E-state index in [1.165, 1.54) is 0 Å². The highest BCUT2D eigenvalue weighted by Gasteiger charge is 2.48. The smallest absolute Gasteiger partial charge is 0.238 e. The monoisotopic (exact) mass is 341 g/mol. The van der Waals surface area contributed by atoms with Gasteiger partial charge in [-0.15, -0.1) is 0 Å². The fraction of sp³-hybridized carbons (Fsp3) is 0.286. The summed E-state index contributed by atoms with van der Waals surface area (Å²) in [4.78, 5) is 25.3. The number of carbonyl (C=O) groups excluding carboxylic acids is 2. The van der Waals surface area contributed by atoms with Crippen LogP contribution >= 0.6 is 15.9 Å². The third-order valence-corrected chi connectivity index (χ3v) is 4.35. The number of benzene rings is 1. The van der Waals surface area contributed by atoms with Crippen molar-refractivity contribution in [3.8, 4) is 0 Å². The van der Waals surface area contributed by atoms with Crippen molar-refractivity contribution in [2.45, 2.75) is 12.8 Å². The summed E-state index contributed by atoms with van der Waals surface area (Å²) in [6.45, 7) is 0. The average molecular weight is 342 g/mol. The van der Waals surface area contributed by atoms with Crippen LogP contribution in [0.2, 0.25) is 0 Å². The first-order chi connectivity index (χ1) is 9.50. The molecule has 1 saturated heterocycles. The molecule has 1 aliphatic carbocycles. The largest absolute Gasteiger partial charge is 0.274 e. The van der Waals surface area contributed by atoms with Gasteiger partial charge in [-0.2, -0.15) is 0 Å². The first-order valence-electron chi connectivity index (χ1n) is 6.18. The zero-order valence-electron chi connectivity index (χ0n) is 10.3. The van der Waals surface area contributed by atoms with Crippen molar-refractivity contribution in [2.24, 2.45) is 11.8 Å². The van der Waals surface area contributed by atoms with Crippen molar-refractivity contribution in [1.29, 1.82) is 0 Å². The molecule has 2 aliphatic rings. The van der Waals surface area contributed by atoms with Crippen molar-refractivity contribution >= 4 is 33.4 Å². The molecule has 0 radical (unpaired) electrons. The van der Waals surface area contributed by atoms with Gasteiger partial charge in [0.05, 0.1) is 22.0 Å². The van der Waals surface area contributed by atoms with Crippen LogP contribution in [0.5, 0.6) is 0 Å². The zero-order valence-corrected chi connectivity index (χ0v) is 11.9. The number of nitrogens with zero attached hydrogens (tertiary/aromatic N) is 1.